The molecule has 0 spiro atoms. The average Bonchev–Trinajstić information content (AvgIpc) is 3.19. The van der Waals surface area contributed by atoms with E-state index in [1.807, 2.05) is 59.5 Å². The van der Waals surface area contributed by atoms with E-state index in [-0.39, 0.29) is 11.9 Å². The molecular formula is C21H20N2O2. The maximum absolute atomic E-state index is 13.0. The fraction of sp³-hybridized carbons (Fsp3) is 0.190. The molecule has 25 heavy (non-hydrogen) atoms. The lowest BCUT2D eigenvalue weighted by molar-refractivity contribution is 0.0601. The third-order valence-corrected chi connectivity index (χ3v) is 4.61. The van der Waals surface area contributed by atoms with E-state index in [2.05, 4.69) is 17.4 Å². The summed E-state index contributed by atoms with van der Waals surface area (Å²) in [6.07, 6.45) is 1.66. The molecule has 1 aliphatic heterocycles. The van der Waals surface area contributed by atoms with Gasteiger partial charge in [0.25, 0.3) is 5.91 Å². The van der Waals surface area contributed by atoms with E-state index in [0.717, 1.165) is 29.8 Å². The van der Waals surface area contributed by atoms with Crippen LogP contribution < -0.4 is 5.32 Å². The topological polar surface area (TPSA) is 45.5 Å². The van der Waals surface area contributed by atoms with E-state index in [1.54, 1.807) is 6.26 Å². The maximum Gasteiger partial charge on any atom is 0.290 e. The molecule has 4 rings (SSSR count). The van der Waals surface area contributed by atoms with Crippen LogP contribution in [0.25, 0.3) is 11.1 Å². The van der Waals surface area contributed by atoms with Gasteiger partial charge in [-0.1, -0.05) is 60.7 Å². The van der Waals surface area contributed by atoms with Crippen LogP contribution in [-0.4, -0.2) is 30.4 Å². The van der Waals surface area contributed by atoms with Crippen molar-refractivity contribution in [3.8, 4) is 11.1 Å². The van der Waals surface area contributed by atoms with Gasteiger partial charge in [0, 0.05) is 25.2 Å². The van der Waals surface area contributed by atoms with Crippen LogP contribution in [-0.2, 0) is 0 Å². The predicted octanol–water partition coefficient (Wildman–Crippen LogP) is 3.73. The summed E-state index contributed by atoms with van der Waals surface area (Å²) >= 11 is 0. The van der Waals surface area contributed by atoms with Crippen LogP contribution >= 0.6 is 0 Å². The van der Waals surface area contributed by atoms with Crippen molar-refractivity contribution < 1.29 is 9.21 Å². The molecule has 1 saturated heterocycles. The lowest BCUT2D eigenvalue weighted by atomic mass is 10.0. The molecule has 3 aromatic rings. The third-order valence-electron chi connectivity index (χ3n) is 4.61. The van der Waals surface area contributed by atoms with Gasteiger partial charge in [-0.15, -0.1) is 0 Å². The van der Waals surface area contributed by atoms with Crippen molar-refractivity contribution in [2.75, 3.05) is 19.6 Å². The Morgan fingerprint density at radius 3 is 2.48 bits per heavy atom. The molecule has 0 saturated carbocycles. The van der Waals surface area contributed by atoms with Gasteiger partial charge in [-0.05, 0) is 17.2 Å². The lowest BCUT2D eigenvalue weighted by Crippen LogP contribution is -2.48. The number of nitrogens with zero attached hydrogens (tertiary/aromatic N) is 1. The molecule has 1 aromatic heterocycles. The second-order valence-corrected chi connectivity index (χ2v) is 6.19. The van der Waals surface area contributed by atoms with E-state index in [1.165, 1.54) is 0 Å². The number of rotatable bonds is 3. The van der Waals surface area contributed by atoms with Crippen LogP contribution in [0, 0.1) is 0 Å². The molecule has 0 bridgehead atoms. The van der Waals surface area contributed by atoms with Crippen molar-refractivity contribution >= 4 is 5.91 Å². The average molecular weight is 332 g/mol. The SMILES string of the molecule is O=C(c1cc(-c2ccccc2)co1)N1CCNCC1c1ccccc1. The molecule has 4 heteroatoms. The number of nitrogens with one attached hydrogen (secondary N) is 1. The molecule has 1 aliphatic rings. The van der Waals surface area contributed by atoms with Gasteiger partial charge >= 0.3 is 0 Å². The highest BCUT2D eigenvalue weighted by molar-refractivity contribution is 5.93. The molecule has 1 unspecified atom stereocenters. The minimum absolute atomic E-state index is 0.0210. The fourth-order valence-corrected chi connectivity index (χ4v) is 3.29. The Labute approximate surface area is 147 Å². The number of carbonyl (C=O) groups is 1. The maximum atomic E-state index is 13.0. The number of hydrogen-bond acceptors (Lipinski definition) is 3. The van der Waals surface area contributed by atoms with Crippen molar-refractivity contribution in [3.05, 3.63) is 84.3 Å². The summed E-state index contributed by atoms with van der Waals surface area (Å²) in [5, 5.41) is 3.38. The normalized spacial score (nSPS) is 17.4. The first-order chi connectivity index (χ1) is 12.3. The van der Waals surface area contributed by atoms with Crippen LogP contribution in [0.15, 0.2) is 77.4 Å². The monoisotopic (exact) mass is 332 g/mol. The molecule has 126 valence electrons. The van der Waals surface area contributed by atoms with Crippen LogP contribution in [0.1, 0.15) is 22.2 Å². The second-order valence-electron chi connectivity index (χ2n) is 6.19. The number of hydrogen-bond donors (Lipinski definition) is 1. The summed E-state index contributed by atoms with van der Waals surface area (Å²) in [4.78, 5) is 14.9. The molecule has 1 N–H and O–H groups in total. The number of benzene rings is 2. The highest BCUT2D eigenvalue weighted by atomic mass is 16.3. The molecule has 2 heterocycles. The molecule has 4 nitrogen and oxygen atoms in total. The van der Waals surface area contributed by atoms with Crippen molar-refractivity contribution in [2.24, 2.45) is 0 Å². The zero-order valence-electron chi connectivity index (χ0n) is 13.9. The Morgan fingerprint density at radius 2 is 1.72 bits per heavy atom. The Kier molecular flexibility index (Phi) is 4.36. The van der Waals surface area contributed by atoms with Gasteiger partial charge in [0.1, 0.15) is 0 Å². The summed E-state index contributed by atoms with van der Waals surface area (Å²) in [7, 11) is 0. The minimum atomic E-state index is -0.0578. The molecule has 0 aliphatic carbocycles. The summed E-state index contributed by atoms with van der Waals surface area (Å²) in [5.41, 5.74) is 3.11. The first-order valence-corrected chi connectivity index (χ1v) is 8.53. The smallest absolute Gasteiger partial charge is 0.290 e. The summed E-state index contributed by atoms with van der Waals surface area (Å²) < 4.78 is 5.61. The van der Waals surface area contributed by atoms with Gasteiger partial charge < -0.3 is 14.6 Å². The zero-order chi connectivity index (χ0) is 17.1. The molecule has 1 atom stereocenters. The van der Waals surface area contributed by atoms with Crippen LogP contribution in [0.3, 0.4) is 0 Å². The van der Waals surface area contributed by atoms with Crippen molar-refractivity contribution in [1.82, 2.24) is 10.2 Å². The Hall–Kier alpha value is -2.85. The zero-order valence-corrected chi connectivity index (χ0v) is 13.9. The van der Waals surface area contributed by atoms with E-state index in [4.69, 9.17) is 4.42 Å². The van der Waals surface area contributed by atoms with Crippen molar-refractivity contribution in [3.63, 3.8) is 0 Å². The lowest BCUT2D eigenvalue weighted by Gasteiger charge is -2.36. The van der Waals surface area contributed by atoms with Crippen molar-refractivity contribution in [2.45, 2.75) is 6.04 Å². The van der Waals surface area contributed by atoms with Gasteiger partial charge in [-0.2, -0.15) is 0 Å². The molecule has 1 fully saturated rings. The molecule has 0 radical (unpaired) electrons. The van der Waals surface area contributed by atoms with E-state index in [9.17, 15) is 4.79 Å². The van der Waals surface area contributed by atoms with Gasteiger partial charge in [0.2, 0.25) is 0 Å². The third kappa shape index (κ3) is 3.21. The molecular weight excluding hydrogens is 312 g/mol. The number of carbonyl (C=O) groups excluding carboxylic acids is 1. The van der Waals surface area contributed by atoms with Crippen LogP contribution in [0.5, 0.6) is 0 Å². The van der Waals surface area contributed by atoms with Crippen LogP contribution in [0.4, 0.5) is 0 Å². The standard InChI is InChI=1S/C21H20N2O2/c24-21(20-13-18(15-25-20)16-7-3-1-4-8-16)23-12-11-22-14-19(23)17-9-5-2-6-10-17/h1-10,13,15,19,22H,11-12,14H2. The van der Waals surface area contributed by atoms with Gasteiger partial charge in [0.05, 0.1) is 12.3 Å². The number of furan rings is 1. The van der Waals surface area contributed by atoms with Gasteiger partial charge in [-0.3, -0.25) is 4.79 Å². The van der Waals surface area contributed by atoms with E-state index < -0.39 is 0 Å². The molecule has 2 aromatic carbocycles. The number of amides is 1. The fourth-order valence-electron chi connectivity index (χ4n) is 3.29. The summed E-state index contributed by atoms with van der Waals surface area (Å²) in [5.74, 6) is 0.333. The number of piperazine rings is 1. The van der Waals surface area contributed by atoms with Gasteiger partial charge in [-0.25, -0.2) is 0 Å². The van der Waals surface area contributed by atoms with Crippen LogP contribution in [0.2, 0.25) is 0 Å². The quantitative estimate of drug-likeness (QED) is 0.795. The largest absolute Gasteiger partial charge is 0.459 e. The second kappa shape index (κ2) is 6.95. The Bertz CT molecular complexity index is 843. The Morgan fingerprint density at radius 1 is 1.00 bits per heavy atom. The first kappa shape index (κ1) is 15.7. The predicted molar refractivity (Wildman–Crippen MR) is 97.2 cm³/mol. The minimum Gasteiger partial charge on any atom is -0.459 e. The molecule has 1 amide bonds. The van der Waals surface area contributed by atoms with E-state index in [0.29, 0.717) is 12.3 Å². The van der Waals surface area contributed by atoms with E-state index >= 15 is 0 Å². The highest BCUT2D eigenvalue weighted by Crippen LogP contribution is 2.27. The summed E-state index contributed by atoms with van der Waals surface area (Å²) in [6, 6.07) is 21.9. The van der Waals surface area contributed by atoms with Crippen molar-refractivity contribution in [1.29, 1.82) is 0 Å². The highest BCUT2D eigenvalue weighted by Gasteiger charge is 2.30. The first-order valence-electron chi connectivity index (χ1n) is 8.53. The Balaban J connectivity index is 1.60. The summed E-state index contributed by atoms with van der Waals surface area (Å²) in [6.45, 7) is 2.21. The van der Waals surface area contributed by atoms with Gasteiger partial charge in [0.15, 0.2) is 5.76 Å².